The molecule has 0 aromatic carbocycles. The summed E-state index contributed by atoms with van der Waals surface area (Å²) >= 11 is 0. The van der Waals surface area contributed by atoms with Crippen LogP contribution >= 0.6 is 0 Å². The standard InChI is InChI=1S/C16H15N3O6/c1-10-7-13(19-25-10)18-15(21)14(20)17-9-16(22,11-4-6-23-8-11)12-3-2-5-24-12/h2-8,22H,9H2,1H3,(H,17,20)(H,18,19,21). The van der Waals surface area contributed by atoms with Crippen molar-refractivity contribution < 1.29 is 28.1 Å². The molecule has 9 heteroatoms. The highest BCUT2D eigenvalue weighted by molar-refractivity contribution is 6.39. The number of carbonyl (C=O) groups is 2. The van der Waals surface area contributed by atoms with E-state index in [1.807, 2.05) is 0 Å². The van der Waals surface area contributed by atoms with Crippen molar-refractivity contribution in [3.8, 4) is 0 Å². The summed E-state index contributed by atoms with van der Waals surface area (Å²) in [6.07, 6.45) is 4.10. The number of hydrogen-bond donors (Lipinski definition) is 3. The zero-order valence-corrected chi connectivity index (χ0v) is 13.2. The summed E-state index contributed by atoms with van der Waals surface area (Å²) < 4.78 is 15.0. The third-order valence-corrected chi connectivity index (χ3v) is 3.51. The number of anilines is 1. The largest absolute Gasteiger partial charge is 0.472 e. The van der Waals surface area contributed by atoms with Gasteiger partial charge in [-0.05, 0) is 25.1 Å². The smallest absolute Gasteiger partial charge is 0.314 e. The molecule has 3 aromatic rings. The van der Waals surface area contributed by atoms with E-state index in [0.717, 1.165) is 0 Å². The number of carbonyl (C=O) groups excluding carboxylic acids is 2. The minimum atomic E-state index is -1.68. The highest BCUT2D eigenvalue weighted by atomic mass is 16.5. The van der Waals surface area contributed by atoms with Gasteiger partial charge in [-0.15, -0.1) is 0 Å². The summed E-state index contributed by atoms with van der Waals surface area (Å²) in [4.78, 5) is 23.9. The first-order valence-corrected chi connectivity index (χ1v) is 7.30. The summed E-state index contributed by atoms with van der Waals surface area (Å²) in [6, 6.07) is 6.15. The van der Waals surface area contributed by atoms with Crippen LogP contribution < -0.4 is 10.6 Å². The second-order valence-corrected chi connectivity index (χ2v) is 5.31. The van der Waals surface area contributed by atoms with Crippen LogP contribution in [0, 0.1) is 6.92 Å². The molecule has 0 bridgehead atoms. The monoisotopic (exact) mass is 345 g/mol. The Morgan fingerprint density at radius 3 is 2.72 bits per heavy atom. The maximum atomic E-state index is 12.0. The van der Waals surface area contributed by atoms with Crippen molar-refractivity contribution in [3.05, 3.63) is 60.1 Å². The number of nitrogens with zero attached hydrogens (tertiary/aromatic N) is 1. The molecule has 0 aliphatic heterocycles. The Bertz CT molecular complexity index is 816. The number of amides is 2. The highest BCUT2D eigenvalue weighted by Gasteiger charge is 2.36. The van der Waals surface area contributed by atoms with Crippen molar-refractivity contribution in [2.75, 3.05) is 11.9 Å². The van der Waals surface area contributed by atoms with Crippen LogP contribution in [0.4, 0.5) is 5.82 Å². The number of rotatable bonds is 5. The number of aromatic nitrogens is 1. The molecule has 0 saturated heterocycles. The van der Waals surface area contributed by atoms with Crippen LogP contribution in [-0.4, -0.2) is 28.6 Å². The van der Waals surface area contributed by atoms with E-state index in [4.69, 9.17) is 13.4 Å². The zero-order valence-electron chi connectivity index (χ0n) is 13.2. The van der Waals surface area contributed by atoms with Crippen LogP contribution in [0.25, 0.3) is 0 Å². The van der Waals surface area contributed by atoms with Gasteiger partial charge in [0.05, 0.1) is 25.3 Å². The fraction of sp³-hybridized carbons (Fsp3) is 0.188. The minimum absolute atomic E-state index is 0.119. The molecule has 0 aliphatic carbocycles. The SMILES string of the molecule is Cc1cc(NC(=O)C(=O)NCC(O)(c2ccoc2)c2ccco2)no1. The average Bonchev–Trinajstić information content (AvgIpc) is 3.34. The van der Waals surface area contributed by atoms with Crippen LogP contribution in [0.5, 0.6) is 0 Å². The lowest BCUT2D eigenvalue weighted by atomic mass is 9.93. The van der Waals surface area contributed by atoms with E-state index in [2.05, 4.69) is 15.8 Å². The Balaban J connectivity index is 1.69. The normalized spacial score (nSPS) is 13.2. The molecule has 0 aliphatic rings. The quantitative estimate of drug-likeness (QED) is 0.591. The minimum Gasteiger partial charge on any atom is -0.472 e. The Labute approximate surface area is 141 Å². The molecular weight excluding hydrogens is 330 g/mol. The molecule has 1 unspecified atom stereocenters. The third kappa shape index (κ3) is 3.45. The lowest BCUT2D eigenvalue weighted by Crippen LogP contribution is -2.45. The lowest BCUT2D eigenvalue weighted by Gasteiger charge is -2.24. The van der Waals surface area contributed by atoms with Gasteiger partial charge in [0.1, 0.15) is 11.5 Å². The number of aryl methyl sites for hydroxylation is 1. The summed E-state index contributed by atoms with van der Waals surface area (Å²) in [6.45, 7) is 1.35. The second-order valence-electron chi connectivity index (χ2n) is 5.31. The van der Waals surface area contributed by atoms with Gasteiger partial charge in [-0.1, -0.05) is 5.16 Å². The summed E-state index contributed by atoms with van der Waals surface area (Å²) in [5, 5.41) is 19.1. The first kappa shape index (κ1) is 16.5. The summed E-state index contributed by atoms with van der Waals surface area (Å²) in [5.41, 5.74) is -1.31. The highest BCUT2D eigenvalue weighted by Crippen LogP contribution is 2.29. The predicted octanol–water partition coefficient (Wildman–Crippen LogP) is 1.16. The molecule has 3 N–H and O–H groups in total. The van der Waals surface area contributed by atoms with Crippen molar-refractivity contribution in [1.82, 2.24) is 10.5 Å². The van der Waals surface area contributed by atoms with Crippen molar-refractivity contribution in [3.63, 3.8) is 0 Å². The molecule has 130 valence electrons. The molecule has 3 heterocycles. The maximum absolute atomic E-state index is 12.0. The predicted molar refractivity (Wildman–Crippen MR) is 83.3 cm³/mol. The van der Waals surface area contributed by atoms with Crippen LogP contribution in [0.1, 0.15) is 17.1 Å². The fourth-order valence-electron chi connectivity index (χ4n) is 2.23. The molecule has 0 radical (unpaired) electrons. The van der Waals surface area contributed by atoms with Gasteiger partial charge in [-0.25, -0.2) is 0 Å². The van der Waals surface area contributed by atoms with Gasteiger partial charge in [-0.2, -0.15) is 0 Å². The van der Waals surface area contributed by atoms with Gasteiger partial charge in [0.25, 0.3) is 0 Å². The number of furan rings is 2. The first-order valence-electron chi connectivity index (χ1n) is 7.30. The Morgan fingerprint density at radius 2 is 2.12 bits per heavy atom. The van der Waals surface area contributed by atoms with Gasteiger partial charge in [-0.3, -0.25) is 14.9 Å². The maximum Gasteiger partial charge on any atom is 0.314 e. The van der Waals surface area contributed by atoms with Crippen LogP contribution in [-0.2, 0) is 15.2 Å². The fourth-order valence-corrected chi connectivity index (χ4v) is 2.23. The van der Waals surface area contributed by atoms with Crippen molar-refractivity contribution >= 4 is 17.6 Å². The van der Waals surface area contributed by atoms with E-state index in [1.54, 1.807) is 19.1 Å². The number of nitrogens with one attached hydrogen (secondary N) is 2. The first-order chi connectivity index (χ1) is 12.0. The van der Waals surface area contributed by atoms with E-state index >= 15 is 0 Å². The second kappa shape index (κ2) is 6.65. The molecule has 0 spiro atoms. The third-order valence-electron chi connectivity index (χ3n) is 3.51. The number of aliphatic hydroxyl groups is 1. The topological polar surface area (TPSA) is 131 Å². The van der Waals surface area contributed by atoms with Crippen molar-refractivity contribution in [2.45, 2.75) is 12.5 Å². The zero-order chi connectivity index (χ0) is 17.9. The van der Waals surface area contributed by atoms with E-state index in [-0.39, 0.29) is 18.1 Å². The lowest BCUT2D eigenvalue weighted by molar-refractivity contribution is -0.136. The molecule has 1 atom stereocenters. The van der Waals surface area contributed by atoms with Gasteiger partial charge in [0.15, 0.2) is 11.4 Å². The average molecular weight is 345 g/mol. The van der Waals surface area contributed by atoms with E-state index in [0.29, 0.717) is 11.3 Å². The van der Waals surface area contributed by atoms with Gasteiger partial charge in [0.2, 0.25) is 0 Å². The van der Waals surface area contributed by atoms with E-state index < -0.39 is 17.4 Å². The molecule has 9 nitrogen and oxygen atoms in total. The molecule has 0 fully saturated rings. The molecule has 2 amide bonds. The van der Waals surface area contributed by atoms with Gasteiger partial charge in [0, 0.05) is 11.6 Å². The Kier molecular flexibility index (Phi) is 4.40. The van der Waals surface area contributed by atoms with Crippen LogP contribution in [0.15, 0.2) is 56.4 Å². The Hall–Kier alpha value is -3.33. The van der Waals surface area contributed by atoms with Crippen molar-refractivity contribution in [1.29, 1.82) is 0 Å². The van der Waals surface area contributed by atoms with Gasteiger partial charge >= 0.3 is 11.8 Å². The number of hydrogen-bond acceptors (Lipinski definition) is 7. The molecule has 3 aromatic heterocycles. The molecule has 3 rings (SSSR count). The summed E-state index contributed by atoms with van der Waals surface area (Å²) in [7, 11) is 0. The van der Waals surface area contributed by atoms with E-state index in [1.165, 1.54) is 30.9 Å². The van der Waals surface area contributed by atoms with Crippen LogP contribution in [0.2, 0.25) is 0 Å². The summed E-state index contributed by atoms with van der Waals surface area (Å²) in [5.74, 6) is -1.09. The van der Waals surface area contributed by atoms with Crippen molar-refractivity contribution in [2.24, 2.45) is 0 Å². The van der Waals surface area contributed by atoms with Crippen LogP contribution in [0.3, 0.4) is 0 Å². The Morgan fingerprint density at radius 1 is 1.28 bits per heavy atom. The molecule has 25 heavy (non-hydrogen) atoms. The van der Waals surface area contributed by atoms with Gasteiger partial charge < -0.3 is 23.8 Å². The molecular formula is C16H15N3O6. The van der Waals surface area contributed by atoms with E-state index in [9.17, 15) is 14.7 Å². The molecule has 0 saturated carbocycles.